The number of hydrogen-bond acceptors (Lipinski definition) is 6. The second-order valence-electron chi connectivity index (χ2n) is 8.12. The highest BCUT2D eigenvalue weighted by Crippen LogP contribution is 2.34. The van der Waals surface area contributed by atoms with E-state index >= 15 is 0 Å². The molecule has 2 aromatic heterocycles. The molecule has 174 valence electrons. The lowest BCUT2D eigenvalue weighted by molar-refractivity contribution is -0.105. The van der Waals surface area contributed by atoms with E-state index in [9.17, 15) is 9.59 Å². The minimum Gasteiger partial charge on any atom is -0.455 e. The quantitative estimate of drug-likeness (QED) is 0.227. The predicted molar refractivity (Wildman–Crippen MR) is 138 cm³/mol. The normalized spacial score (nSPS) is 11.8. The Morgan fingerprint density at radius 1 is 1.09 bits per heavy atom. The molecule has 0 saturated carbocycles. The topological polar surface area (TPSA) is 96.3 Å². The summed E-state index contributed by atoms with van der Waals surface area (Å²) in [6.45, 7) is 5.72. The van der Waals surface area contributed by atoms with Crippen molar-refractivity contribution < 1.29 is 9.21 Å². The van der Waals surface area contributed by atoms with Crippen molar-refractivity contribution in [1.29, 1.82) is 0 Å². The molecule has 3 N–H and O–H groups in total. The average molecular weight is 477 g/mol. The number of hydrogen-bond donors (Lipinski definition) is 3. The fourth-order valence-electron chi connectivity index (χ4n) is 4.04. The van der Waals surface area contributed by atoms with Crippen molar-refractivity contribution in [2.45, 2.75) is 26.8 Å². The van der Waals surface area contributed by atoms with Crippen molar-refractivity contribution in [2.24, 2.45) is 0 Å². The van der Waals surface area contributed by atoms with Gasteiger partial charge in [-0.15, -0.1) is 0 Å². The van der Waals surface area contributed by atoms with Crippen LogP contribution in [0.15, 0.2) is 57.9 Å². The second-order valence-corrected chi connectivity index (χ2v) is 8.51. The van der Waals surface area contributed by atoms with Gasteiger partial charge in [-0.25, -0.2) is 4.98 Å². The number of nitrogens with one attached hydrogen (secondary N) is 3. The van der Waals surface area contributed by atoms with E-state index in [2.05, 4.69) is 20.9 Å². The van der Waals surface area contributed by atoms with Gasteiger partial charge in [0, 0.05) is 23.7 Å². The number of halogens is 1. The van der Waals surface area contributed by atoms with Crippen LogP contribution in [0, 0.1) is 13.8 Å². The first-order valence-electron chi connectivity index (χ1n) is 10.8. The first-order chi connectivity index (χ1) is 16.3. The number of pyridine rings is 1. The van der Waals surface area contributed by atoms with E-state index in [0.717, 1.165) is 22.4 Å². The Bertz CT molecular complexity index is 1430. The molecular weight excluding hydrogens is 452 g/mol. The molecule has 0 fully saturated rings. The molecule has 0 aliphatic heterocycles. The standard InChI is InChI=1S/C26H25ClN4O3/c1-14-9-19(16(3)31-18-6-8-23(27)29-12-18)26-20(10-14)24(33)15(2)25(34-26)17-5-7-21(30-13-32)22(11-17)28-4/h5-13,16,28,31H,1-4H3,(H,30,32). The molecular formula is C26H25ClN4O3. The van der Waals surface area contributed by atoms with Crippen LogP contribution < -0.4 is 21.4 Å². The van der Waals surface area contributed by atoms with Gasteiger partial charge in [0.05, 0.1) is 34.7 Å². The highest BCUT2D eigenvalue weighted by atomic mass is 35.5. The number of fused-ring (bicyclic) bond motifs is 1. The molecule has 0 aliphatic carbocycles. The Morgan fingerprint density at radius 2 is 1.88 bits per heavy atom. The molecule has 2 heterocycles. The number of aryl methyl sites for hydroxylation is 1. The van der Waals surface area contributed by atoms with Crippen LogP contribution in [0.4, 0.5) is 17.1 Å². The van der Waals surface area contributed by atoms with Gasteiger partial charge in [-0.05, 0) is 62.7 Å². The zero-order valence-electron chi connectivity index (χ0n) is 19.3. The van der Waals surface area contributed by atoms with Crippen LogP contribution >= 0.6 is 11.6 Å². The van der Waals surface area contributed by atoms with Crippen molar-refractivity contribution >= 4 is 46.0 Å². The largest absolute Gasteiger partial charge is 0.455 e. The predicted octanol–water partition coefficient (Wildman–Crippen LogP) is 5.91. The van der Waals surface area contributed by atoms with Gasteiger partial charge in [-0.2, -0.15) is 0 Å². The van der Waals surface area contributed by atoms with Crippen LogP contribution in [0.2, 0.25) is 5.15 Å². The molecule has 0 saturated heterocycles. The number of anilines is 3. The highest BCUT2D eigenvalue weighted by Gasteiger charge is 2.19. The lowest BCUT2D eigenvalue weighted by Gasteiger charge is -2.19. The van der Waals surface area contributed by atoms with Crippen LogP contribution in [0.5, 0.6) is 0 Å². The maximum atomic E-state index is 13.4. The van der Waals surface area contributed by atoms with Crippen LogP contribution in [0.3, 0.4) is 0 Å². The summed E-state index contributed by atoms with van der Waals surface area (Å²) >= 11 is 5.91. The van der Waals surface area contributed by atoms with Crippen LogP contribution in [0.25, 0.3) is 22.3 Å². The van der Waals surface area contributed by atoms with E-state index in [1.807, 2.05) is 44.2 Å². The van der Waals surface area contributed by atoms with Crippen molar-refractivity contribution in [1.82, 2.24) is 4.98 Å². The number of nitrogens with zero attached hydrogens (tertiary/aromatic N) is 1. The summed E-state index contributed by atoms with van der Waals surface area (Å²) in [5, 5.41) is 10.1. The van der Waals surface area contributed by atoms with E-state index in [4.69, 9.17) is 16.0 Å². The fourth-order valence-corrected chi connectivity index (χ4v) is 4.15. The summed E-state index contributed by atoms with van der Waals surface area (Å²) in [7, 11) is 1.76. The SMILES string of the molecule is CNc1cc(-c2oc3c(C(C)Nc4ccc(Cl)nc4)cc(C)cc3c(=O)c2C)ccc1NC=O. The van der Waals surface area contributed by atoms with Gasteiger partial charge < -0.3 is 20.4 Å². The van der Waals surface area contributed by atoms with Gasteiger partial charge in [0.1, 0.15) is 16.5 Å². The molecule has 0 spiro atoms. The molecule has 7 nitrogen and oxygen atoms in total. The van der Waals surface area contributed by atoms with Gasteiger partial charge in [-0.3, -0.25) is 9.59 Å². The first-order valence-corrected chi connectivity index (χ1v) is 11.2. The fraction of sp³-hybridized carbons (Fsp3) is 0.192. The second kappa shape index (κ2) is 9.57. The molecule has 4 aromatic rings. The Labute approximate surface area is 202 Å². The van der Waals surface area contributed by atoms with E-state index in [1.165, 1.54) is 0 Å². The third-order valence-electron chi connectivity index (χ3n) is 5.73. The van der Waals surface area contributed by atoms with Crippen molar-refractivity contribution in [3.8, 4) is 11.3 Å². The summed E-state index contributed by atoms with van der Waals surface area (Å²) in [6.07, 6.45) is 2.28. The summed E-state index contributed by atoms with van der Waals surface area (Å²) < 4.78 is 6.43. The lowest BCUT2D eigenvalue weighted by Crippen LogP contribution is -2.12. The molecule has 0 bridgehead atoms. The molecule has 1 unspecified atom stereocenters. The maximum Gasteiger partial charge on any atom is 0.211 e. The molecule has 8 heteroatoms. The highest BCUT2D eigenvalue weighted by molar-refractivity contribution is 6.29. The zero-order chi connectivity index (χ0) is 24.4. The molecule has 0 aliphatic rings. The Hall–Kier alpha value is -3.84. The zero-order valence-corrected chi connectivity index (χ0v) is 20.1. The van der Waals surface area contributed by atoms with Crippen molar-refractivity contribution in [3.05, 3.63) is 80.7 Å². The van der Waals surface area contributed by atoms with Gasteiger partial charge in [0.2, 0.25) is 6.41 Å². The monoisotopic (exact) mass is 476 g/mol. The number of aromatic nitrogens is 1. The van der Waals surface area contributed by atoms with Gasteiger partial charge in [0.25, 0.3) is 0 Å². The van der Waals surface area contributed by atoms with Gasteiger partial charge in [0.15, 0.2) is 5.43 Å². The Morgan fingerprint density at radius 3 is 2.56 bits per heavy atom. The summed E-state index contributed by atoms with van der Waals surface area (Å²) in [6, 6.07) is 12.7. The van der Waals surface area contributed by atoms with Crippen LogP contribution in [0.1, 0.15) is 29.7 Å². The molecule has 4 rings (SSSR count). The number of carbonyl (C=O) groups is 1. The summed E-state index contributed by atoms with van der Waals surface area (Å²) in [4.78, 5) is 28.4. The smallest absolute Gasteiger partial charge is 0.211 e. The number of carbonyl (C=O) groups excluding carboxylic acids is 1. The first kappa shape index (κ1) is 23.3. The average Bonchev–Trinajstić information content (AvgIpc) is 2.83. The molecule has 1 amide bonds. The van der Waals surface area contributed by atoms with Crippen molar-refractivity contribution in [3.63, 3.8) is 0 Å². The van der Waals surface area contributed by atoms with E-state index in [0.29, 0.717) is 45.2 Å². The van der Waals surface area contributed by atoms with Crippen LogP contribution in [-0.4, -0.2) is 18.4 Å². The molecule has 1 atom stereocenters. The van der Waals surface area contributed by atoms with Gasteiger partial charge >= 0.3 is 0 Å². The van der Waals surface area contributed by atoms with E-state index < -0.39 is 0 Å². The number of rotatable bonds is 7. The summed E-state index contributed by atoms with van der Waals surface area (Å²) in [5.41, 5.74) is 5.66. The summed E-state index contributed by atoms with van der Waals surface area (Å²) in [5.74, 6) is 0.483. The minimum absolute atomic E-state index is 0.0809. The van der Waals surface area contributed by atoms with E-state index in [1.54, 1.807) is 32.3 Å². The minimum atomic E-state index is -0.170. The van der Waals surface area contributed by atoms with Gasteiger partial charge in [-0.1, -0.05) is 17.7 Å². The molecule has 34 heavy (non-hydrogen) atoms. The Kier molecular flexibility index (Phi) is 6.56. The number of benzene rings is 2. The third kappa shape index (κ3) is 4.47. The third-order valence-corrected chi connectivity index (χ3v) is 5.96. The Balaban J connectivity index is 1.87. The molecule has 2 aromatic carbocycles. The maximum absolute atomic E-state index is 13.4. The van der Waals surface area contributed by atoms with Crippen LogP contribution in [-0.2, 0) is 4.79 Å². The molecule has 0 radical (unpaired) electrons. The number of amides is 1. The van der Waals surface area contributed by atoms with E-state index in [-0.39, 0.29) is 11.5 Å². The van der Waals surface area contributed by atoms with Crippen molar-refractivity contribution in [2.75, 3.05) is 23.0 Å². The lowest BCUT2D eigenvalue weighted by atomic mass is 9.98.